The first kappa shape index (κ1) is 17.4. The third-order valence-corrected chi connectivity index (χ3v) is 4.38. The van der Waals surface area contributed by atoms with Gasteiger partial charge in [0.15, 0.2) is 0 Å². The van der Waals surface area contributed by atoms with Gasteiger partial charge in [0.25, 0.3) is 0 Å². The largest absolute Gasteiger partial charge is 0.399 e. The minimum Gasteiger partial charge on any atom is -0.399 e. The Balaban J connectivity index is 2.57. The average molecular weight is 337 g/mol. The molecule has 112 valence electrons. The molecule has 1 amide bonds. The van der Waals surface area contributed by atoms with Gasteiger partial charge in [0, 0.05) is 19.4 Å². The van der Waals surface area contributed by atoms with Crippen LogP contribution in [0.4, 0.5) is 11.4 Å². The average Bonchev–Trinajstić information content (AvgIpc) is 2.38. The van der Waals surface area contributed by atoms with Crippen LogP contribution in [0, 0.1) is 0 Å². The number of thioether (sulfide) groups is 1. The Kier molecular flexibility index (Phi) is 7.51. The number of hydrogen-bond acceptors (Lipinski definition) is 4. The monoisotopic (exact) mass is 336 g/mol. The zero-order valence-electron chi connectivity index (χ0n) is 11.4. The van der Waals surface area contributed by atoms with E-state index in [4.69, 9.17) is 33.7 Å². The number of carbonyl (C=O) groups is 1. The fourth-order valence-electron chi connectivity index (χ4n) is 1.48. The van der Waals surface area contributed by atoms with E-state index in [2.05, 4.69) is 5.32 Å². The molecule has 1 aromatic carbocycles. The highest BCUT2D eigenvalue weighted by Crippen LogP contribution is 2.33. The van der Waals surface area contributed by atoms with Crippen LogP contribution in [0.5, 0.6) is 0 Å². The number of ether oxygens (including phenoxy) is 1. The van der Waals surface area contributed by atoms with Crippen molar-refractivity contribution in [2.75, 3.05) is 30.5 Å². The van der Waals surface area contributed by atoms with Gasteiger partial charge >= 0.3 is 0 Å². The Bertz CT molecular complexity index is 449. The van der Waals surface area contributed by atoms with Crippen LogP contribution in [-0.4, -0.2) is 30.6 Å². The first-order valence-corrected chi connectivity index (χ1v) is 7.92. The van der Waals surface area contributed by atoms with E-state index in [0.717, 1.165) is 12.2 Å². The SMILES string of the molecule is COCCCSC(C)C(=O)Nc1c(Cl)cc(N)cc1Cl. The molecule has 4 nitrogen and oxygen atoms in total. The van der Waals surface area contributed by atoms with Crippen LogP contribution in [0.2, 0.25) is 10.0 Å². The highest BCUT2D eigenvalue weighted by atomic mass is 35.5. The normalized spacial score (nSPS) is 12.2. The molecule has 0 aliphatic carbocycles. The molecule has 3 N–H and O–H groups in total. The molecule has 0 saturated heterocycles. The molecule has 1 rings (SSSR count). The van der Waals surface area contributed by atoms with Crippen LogP contribution >= 0.6 is 35.0 Å². The van der Waals surface area contributed by atoms with Crippen molar-refractivity contribution >= 4 is 52.2 Å². The quantitative estimate of drug-likeness (QED) is 0.589. The molecule has 0 aliphatic heterocycles. The summed E-state index contributed by atoms with van der Waals surface area (Å²) in [5.41, 5.74) is 6.47. The Hall–Kier alpha value is -0.620. The predicted octanol–water partition coefficient (Wildman–Crippen LogP) is 3.67. The smallest absolute Gasteiger partial charge is 0.237 e. The number of hydrogen-bond donors (Lipinski definition) is 2. The molecule has 0 heterocycles. The molecule has 0 saturated carbocycles. The summed E-state index contributed by atoms with van der Waals surface area (Å²) in [5, 5.41) is 3.20. The van der Waals surface area contributed by atoms with Gasteiger partial charge in [-0.3, -0.25) is 4.79 Å². The molecule has 20 heavy (non-hydrogen) atoms. The van der Waals surface area contributed by atoms with E-state index >= 15 is 0 Å². The zero-order valence-corrected chi connectivity index (χ0v) is 13.7. The first-order chi connectivity index (χ1) is 9.45. The highest BCUT2D eigenvalue weighted by Gasteiger charge is 2.16. The Morgan fingerprint density at radius 1 is 1.45 bits per heavy atom. The van der Waals surface area contributed by atoms with Gasteiger partial charge in [0.2, 0.25) is 5.91 Å². The summed E-state index contributed by atoms with van der Waals surface area (Å²) in [6.07, 6.45) is 0.905. The van der Waals surface area contributed by atoms with E-state index in [0.29, 0.717) is 28.0 Å². The van der Waals surface area contributed by atoms with Gasteiger partial charge in [-0.25, -0.2) is 0 Å². The van der Waals surface area contributed by atoms with E-state index < -0.39 is 0 Å². The van der Waals surface area contributed by atoms with Crippen LogP contribution in [0.15, 0.2) is 12.1 Å². The Morgan fingerprint density at radius 2 is 2.05 bits per heavy atom. The second-order valence-electron chi connectivity index (χ2n) is 4.21. The van der Waals surface area contributed by atoms with Crippen molar-refractivity contribution in [1.82, 2.24) is 0 Å². The van der Waals surface area contributed by atoms with Crippen molar-refractivity contribution in [2.24, 2.45) is 0 Å². The van der Waals surface area contributed by atoms with Crippen molar-refractivity contribution in [3.63, 3.8) is 0 Å². The van der Waals surface area contributed by atoms with Gasteiger partial charge in [-0.1, -0.05) is 23.2 Å². The van der Waals surface area contributed by atoms with E-state index in [1.165, 1.54) is 0 Å². The maximum atomic E-state index is 12.1. The van der Waals surface area contributed by atoms with Gasteiger partial charge in [-0.05, 0) is 31.2 Å². The van der Waals surface area contributed by atoms with Gasteiger partial charge in [0.05, 0.1) is 21.0 Å². The molecule has 1 aromatic rings. The van der Waals surface area contributed by atoms with Gasteiger partial charge in [-0.15, -0.1) is 11.8 Å². The summed E-state index contributed by atoms with van der Waals surface area (Å²) >= 11 is 13.6. The Morgan fingerprint density at radius 3 is 2.60 bits per heavy atom. The van der Waals surface area contributed by atoms with Gasteiger partial charge in [-0.2, -0.15) is 0 Å². The lowest BCUT2D eigenvalue weighted by Gasteiger charge is -2.14. The lowest BCUT2D eigenvalue weighted by molar-refractivity contribution is -0.115. The number of halogens is 2. The molecule has 0 radical (unpaired) electrons. The second-order valence-corrected chi connectivity index (χ2v) is 6.47. The summed E-state index contributed by atoms with van der Waals surface area (Å²) in [6, 6.07) is 3.11. The fourth-order valence-corrected chi connectivity index (χ4v) is 2.92. The molecular weight excluding hydrogens is 319 g/mol. The molecule has 1 unspecified atom stereocenters. The maximum Gasteiger partial charge on any atom is 0.237 e. The molecule has 0 fully saturated rings. The predicted molar refractivity (Wildman–Crippen MR) is 87.9 cm³/mol. The minimum atomic E-state index is -0.198. The summed E-state index contributed by atoms with van der Waals surface area (Å²) in [5.74, 6) is 0.715. The summed E-state index contributed by atoms with van der Waals surface area (Å²) in [6.45, 7) is 2.53. The zero-order chi connectivity index (χ0) is 15.1. The number of nitrogen functional groups attached to an aromatic ring is 1. The third kappa shape index (κ3) is 5.40. The van der Waals surface area contributed by atoms with Crippen molar-refractivity contribution in [3.05, 3.63) is 22.2 Å². The number of nitrogens with one attached hydrogen (secondary N) is 1. The Labute approximate surface area is 133 Å². The van der Waals surface area contributed by atoms with E-state index in [9.17, 15) is 4.79 Å². The minimum absolute atomic E-state index is 0.138. The lowest BCUT2D eigenvalue weighted by atomic mass is 10.2. The van der Waals surface area contributed by atoms with Crippen LogP contribution in [0.3, 0.4) is 0 Å². The number of amides is 1. The number of rotatable bonds is 7. The maximum absolute atomic E-state index is 12.1. The third-order valence-electron chi connectivity index (χ3n) is 2.54. The second kappa shape index (κ2) is 8.62. The standard InChI is InChI=1S/C13H18Cl2N2O2S/c1-8(20-5-3-4-19-2)13(18)17-12-10(14)6-9(16)7-11(12)15/h6-8H,3-5,16H2,1-2H3,(H,17,18). The number of carbonyl (C=O) groups excluding carboxylic acids is 1. The van der Waals surface area contributed by atoms with Crippen LogP contribution in [0.1, 0.15) is 13.3 Å². The molecule has 0 aromatic heterocycles. The van der Waals surface area contributed by atoms with E-state index in [1.54, 1.807) is 31.0 Å². The van der Waals surface area contributed by atoms with Crippen molar-refractivity contribution in [1.29, 1.82) is 0 Å². The molecule has 0 aliphatic rings. The number of methoxy groups -OCH3 is 1. The summed E-state index contributed by atoms with van der Waals surface area (Å²) in [7, 11) is 1.66. The molecule has 0 spiro atoms. The number of benzene rings is 1. The van der Waals surface area contributed by atoms with Crippen LogP contribution in [-0.2, 0) is 9.53 Å². The molecule has 1 atom stereocenters. The topological polar surface area (TPSA) is 64.3 Å². The van der Waals surface area contributed by atoms with Crippen LogP contribution < -0.4 is 11.1 Å². The van der Waals surface area contributed by atoms with Crippen molar-refractivity contribution in [3.8, 4) is 0 Å². The lowest BCUT2D eigenvalue weighted by Crippen LogP contribution is -2.23. The van der Waals surface area contributed by atoms with Gasteiger partial charge < -0.3 is 15.8 Å². The number of anilines is 2. The summed E-state index contributed by atoms with van der Waals surface area (Å²) < 4.78 is 4.96. The number of nitrogens with two attached hydrogens (primary N) is 1. The fraction of sp³-hybridized carbons (Fsp3) is 0.462. The van der Waals surface area contributed by atoms with E-state index in [-0.39, 0.29) is 11.2 Å². The summed E-state index contributed by atoms with van der Waals surface area (Å²) in [4.78, 5) is 12.1. The highest BCUT2D eigenvalue weighted by molar-refractivity contribution is 8.00. The molecule has 7 heteroatoms. The van der Waals surface area contributed by atoms with Crippen LogP contribution in [0.25, 0.3) is 0 Å². The van der Waals surface area contributed by atoms with Crippen molar-refractivity contribution in [2.45, 2.75) is 18.6 Å². The first-order valence-electron chi connectivity index (χ1n) is 6.11. The van der Waals surface area contributed by atoms with Crippen molar-refractivity contribution < 1.29 is 9.53 Å². The molecule has 0 bridgehead atoms. The van der Waals surface area contributed by atoms with E-state index in [1.807, 2.05) is 6.92 Å². The van der Waals surface area contributed by atoms with Gasteiger partial charge in [0.1, 0.15) is 0 Å². The molecular formula is C13H18Cl2N2O2S.